The van der Waals surface area contributed by atoms with Gasteiger partial charge in [0.25, 0.3) is 0 Å². The van der Waals surface area contributed by atoms with Crippen molar-refractivity contribution in [3.63, 3.8) is 0 Å². The van der Waals surface area contributed by atoms with Gasteiger partial charge in [-0.15, -0.1) is 0 Å². The fourth-order valence-electron chi connectivity index (χ4n) is 2.53. The van der Waals surface area contributed by atoms with Gasteiger partial charge in [-0.25, -0.2) is 8.78 Å². The maximum atomic E-state index is 13.5. The molecular formula is C14H19F2NO. The summed E-state index contributed by atoms with van der Waals surface area (Å²) in [4.78, 5) is 2.22. The molecule has 1 fully saturated rings. The van der Waals surface area contributed by atoms with Gasteiger partial charge in [0.2, 0.25) is 0 Å². The molecule has 4 heteroatoms. The van der Waals surface area contributed by atoms with E-state index in [1.54, 1.807) is 0 Å². The number of piperidine rings is 1. The van der Waals surface area contributed by atoms with Crippen molar-refractivity contribution in [1.29, 1.82) is 0 Å². The molecule has 2 rings (SSSR count). The first-order chi connectivity index (χ1) is 8.56. The smallest absolute Gasteiger partial charge is 0.126 e. The summed E-state index contributed by atoms with van der Waals surface area (Å²) in [6, 6.07) is 3.87. The summed E-state index contributed by atoms with van der Waals surface area (Å²) in [5.41, 5.74) is 0.424. The van der Waals surface area contributed by atoms with E-state index in [4.69, 9.17) is 0 Å². The molecule has 1 N–H and O–H groups in total. The number of hydrogen-bond acceptors (Lipinski definition) is 2. The highest BCUT2D eigenvalue weighted by atomic mass is 19.1. The van der Waals surface area contributed by atoms with Crippen molar-refractivity contribution in [1.82, 2.24) is 4.90 Å². The minimum atomic E-state index is -0.395. The quantitative estimate of drug-likeness (QED) is 0.896. The molecule has 18 heavy (non-hydrogen) atoms. The number of likely N-dealkylation sites (tertiary alicyclic amines) is 1. The SMILES string of the molecule is CC1CC(O)CCN1CCc1cc(F)ccc1F. The van der Waals surface area contributed by atoms with E-state index in [1.165, 1.54) is 12.1 Å². The van der Waals surface area contributed by atoms with Crippen LogP contribution in [0.3, 0.4) is 0 Å². The molecule has 2 atom stereocenters. The molecule has 1 heterocycles. The fourth-order valence-corrected chi connectivity index (χ4v) is 2.53. The first-order valence-corrected chi connectivity index (χ1v) is 6.42. The summed E-state index contributed by atoms with van der Waals surface area (Å²) >= 11 is 0. The highest BCUT2D eigenvalue weighted by Gasteiger charge is 2.23. The van der Waals surface area contributed by atoms with Crippen LogP contribution >= 0.6 is 0 Å². The monoisotopic (exact) mass is 255 g/mol. The summed E-state index contributed by atoms with van der Waals surface area (Å²) in [6.07, 6.45) is 1.80. The molecular weight excluding hydrogens is 236 g/mol. The van der Waals surface area contributed by atoms with E-state index >= 15 is 0 Å². The molecule has 0 radical (unpaired) electrons. The molecule has 0 saturated carbocycles. The third-order valence-electron chi connectivity index (χ3n) is 3.66. The van der Waals surface area contributed by atoms with E-state index in [0.29, 0.717) is 24.6 Å². The van der Waals surface area contributed by atoms with E-state index in [9.17, 15) is 13.9 Å². The molecule has 0 aromatic heterocycles. The van der Waals surface area contributed by atoms with Crippen LogP contribution in [0.4, 0.5) is 8.78 Å². The summed E-state index contributed by atoms with van der Waals surface area (Å²) < 4.78 is 26.5. The molecule has 1 saturated heterocycles. The van der Waals surface area contributed by atoms with Gasteiger partial charge in [0.05, 0.1) is 6.10 Å². The van der Waals surface area contributed by atoms with E-state index in [1.807, 2.05) is 0 Å². The van der Waals surface area contributed by atoms with Crippen molar-refractivity contribution in [3.8, 4) is 0 Å². The Morgan fingerprint density at radius 1 is 1.39 bits per heavy atom. The van der Waals surface area contributed by atoms with Gasteiger partial charge in [0.15, 0.2) is 0 Å². The molecule has 1 aromatic carbocycles. The molecule has 0 bridgehead atoms. The highest BCUT2D eigenvalue weighted by Crippen LogP contribution is 2.18. The van der Waals surface area contributed by atoms with Crippen LogP contribution in [0.5, 0.6) is 0 Å². The van der Waals surface area contributed by atoms with Crippen molar-refractivity contribution in [3.05, 3.63) is 35.4 Å². The van der Waals surface area contributed by atoms with Gasteiger partial charge in [-0.1, -0.05) is 0 Å². The highest BCUT2D eigenvalue weighted by molar-refractivity contribution is 5.19. The van der Waals surface area contributed by atoms with Crippen LogP contribution in [0, 0.1) is 11.6 Å². The molecule has 2 unspecified atom stereocenters. The Balaban J connectivity index is 1.93. The Bertz CT molecular complexity index is 411. The van der Waals surface area contributed by atoms with Crippen LogP contribution in [0.25, 0.3) is 0 Å². The largest absolute Gasteiger partial charge is 0.393 e. The standard InChI is InChI=1S/C14H19F2NO/c1-10-8-13(18)5-7-17(10)6-4-11-9-12(15)2-3-14(11)16/h2-3,9-10,13,18H,4-8H2,1H3. The van der Waals surface area contributed by atoms with Gasteiger partial charge >= 0.3 is 0 Å². The Morgan fingerprint density at radius 2 is 2.17 bits per heavy atom. The number of aliphatic hydroxyl groups excluding tert-OH is 1. The van der Waals surface area contributed by atoms with E-state index in [-0.39, 0.29) is 11.9 Å². The number of benzene rings is 1. The van der Waals surface area contributed by atoms with Gasteiger partial charge in [0, 0.05) is 19.1 Å². The first-order valence-electron chi connectivity index (χ1n) is 6.42. The average molecular weight is 255 g/mol. The van der Waals surface area contributed by atoms with Crippen LogP contribution in [0.1, 0.15) is 25.3 Å². The van der Waals surface area contributed by atoms with Crippen LogP contribution in [-0.4, -0.2) is 35.2 Å². The van der Waals surface area contributed by atoms with Crippen LogP contribution in [0.2, 0.25) is 0 Å². The topological polar surface area (TPSA) is 23.5 Å². The first kappa shape index (κ1) is 13.4. The molecule has 1 aliphatic rings. The zero-order valence-electron chi connectivity index (χ0n) is 10.6. The third-order valence-corrected chi connectivity index (χ3v) is 3.66. The van der Waals surface area contributed by atoms with Gasteiger partial charge in [-0.3, -0.25) is 0 Å². The van der Waals surface area contributed by atoms with Crippen LogP contribution in [0.15, 0.2) is 18.2 Å². The number of halogens is 2. The lowest BCUT2D eigenvalue weighted by Crippen LogP contribution is -2.43. The van der Waals surface area contributed by atoms with Crippen LogP contribution < -0.4 is 0 Å². The number of rotatable bonds is 3. The zero-order valence-corrected chi connectivity index (χ0v) is 10.6. The van der Waals surface area contributed by atoms with Gasteiger partial charge in [-0.2, -0.15) is 0 Å². The van der Waals surface area contributed by atoms with Gasteiger partial charge in [-0.05, 0) is 49.9 Å². The van der Waals surface area contributed by atoms with Crippen LogP contribution in [-0.2, 0) is 6.42 Å². The maximum Gasteiger partial charge on any atom is 0.126 e. The molecule has 0 aliphatic carbocycles. The van der Waals surface area contributed by atoms with Crippen molar-refractivity contribution < 1.29 is 13.9 Å². The summed E-state index contributed by atoms with van der Waals surface area (Å²) in [7, 11) is 0. The predicted octanol–water partition coefficient (Wildman–Crippen LogP) is 2.35. The second-order valence-corrected chi connectivity index (χ2v) is 5.05. The van der Waals surface area contributed by atoms with Crippen molar-refractivity contribution in [2.75, 3.05) is 13.1 Å². The minimum absolute atomic E-state index is 0.220. The zero-order chi connectivity index (χ0) is 13.1. The number of nitrogens with zero attached hydrogens (tertiary/aromatic N) is 1. The molecule has 2 nitrogen and oxygen atoms in total. The van der Waals surface area contributed by atoms with Crippen molar-refractivity contribution in [2.24, 2.45) is 0 Å². The predicted molar refractivity (Wildman–Crippen MR) is 66.3 cm³/mol. The average Bonchev–Trinajstić information content (AvgIpc) is 2.32. The van der Waals surface area contributed by atoms with Gasteiger partial charge in [0.1, 0.15) is 11.6 Å². The second-order valence-electron chi connectivity index (χ2n) is 5.05. The van der Waals surface area contributed by atoms with E-state index in [0.717, 1.165) is 25.5 Å². The summed E-state index contributed by atoms with van der Waals surface area (Å²) in [6.45, 7) is 3.58. The molecule has 0 amide bonds. The minimum Gasteiger partial charge on any atom is -0.393 e. The second kappa shape index (κ2) is 5.76. The Hall–Kier alpha value is -1.00. The molecule has 100 valence electrons. The van der Waals surface area contributed by atoms with E-state index in [2.05, 4.69) is 11.8 Å². The lowest BCUT2D eigenvalue weighted by atomic mass is 10.00. The summed E-state index contributed by atoms with van der Waals surface area (Å²) in [5.74, 6) is -0.741. The molecule has 0 spiro atoms. The number of aliphatic hydroxyl groups is 1. The summed E-state index contributed by atoms with van der Waals surface area (Å²) in [5, 5.41) is 9.53. The molecule has 1 aliphatic heterocycles. The number of hydrogen-bond donors (Lipinski definition) is 1. The lowest BCUT2D eigenvalue weighted by Gasteiger charge is -2.35. The van der Waals surface area contributed by atoms with E-state index < -0.39 is 5.82 Å². The Kier molecular flexibility index (Phi) is 4.30. The third kappa shape index (κ3) is 3.27. The normalized spacial score (nSPS) is 25.3. The lowest BCUT2D eigenvalue weighted by molar-refractivity contribution is 0.0489. The fraction of sp³-hybridized carbons (Fsp3) is 0.571. The van der Waals surface area contributed by atoms with Crippen molar-refractivity contribution >= 4 is 0 Å². The maximum absolute atomic E-state index is 13.5. The molecule has 1 aromatic rings. The Labute approximate surface area is 106 Å². The van der Waals surface area contributed by atoms with Crippen molar-refractivity contribution in [2.45, 2.75) is 38.3 Å². The van der Waals surface area contributed by atoms with Gasteiger partial charge < -0.3 is 10.0 Å². The Morgan fingerprint density at radius 3 is 2.89 bits per heavy atom.